The number of hydrogen-bond acceptors (Lipinski definition) is 3. The van der Waals surface area contributed by atoms with Gasteiger partial charge < -0.3 is 4.90 Å². The highest BCUT2D eigenvalue weighted by Crippen LogP contribution is 2.27. The predicted octanol–water partition coefficient (Wildman–Crippen LogP) is 4.71. The molecule has 0 aromatic heterocycles. The van der Waals surface area contributed by atoms with Gasteiger partial charge in [0.15, 0.2) is 0 Å². The van der Waals surface area contributed by atoms with Crippen LogP contribution in [-0.2, 0) is 14.8 Å². The number of hydrogen-bond donors (Lipinski definition) is 0. The molecule has 6 heteroatoms. The number of amides is 1. The lowest BCUT2D eigenvalue weighted by Gasteiger charge is -2.29. The molecule has 30 heavy (non-hydrogen) atoms. The Labute approximate surface area is 180 Å². The van der Waals surface area contributed by atoms with E-state index in [1.807, 2.05) is 19.1 Å². The Morgan fingerprint density at radius 2 is 1.57 bits per heavy atom. The zero-order chi connectivity index (χ0) is 21.9. The lowest BCUT2D eigenvalue weighted by Crippen LogP contribution is -2.44. The third-order valence-electron chi connectivity index (χ3n) is 6.00. The van der Waals surface area contributed by atoms with Crippen LogP contribution in [0.25, 0.3) is 0 Å². The predicted molar refractivity (Wildman–Crippen MR) is 121 cm³/mol. The molecular weight excluding hydrogens is 396 g/mol. The Hall–Kier alpha value is -2.34. The summed E-state index contributed by atoms with van der Waals surface area (Å²) in [5, 5.41) is 0. The van der Waals surface area contributed by atoms with Gasteiger partial charge in [0.1, 0.15) is 6.54 Å². The summed E-state index contributed by atoms with van der Waals surface area (Å²) < 4.78 is 28.2. The number of carbonyl (C=O) groups excluding carboxylic acids is 1. The summed E-state index contributed by atoms with van der Waals surface area (Å²) in [5.74, 6) is 0.168. The van der Waals surface area contributed by atoms with E-state index in [4.69, 9.17) is 0 Å². The molecular formula is C24H32N2O3S. The maximum absolute atomic E-state index is 13.5. The van der Waals surface area contributed by atoms with Crippen LogP contribution in [-0.4, -0.2) is 38.9 Å². The number of anilines is 1. The minimum Gasteiger partial charge on any atom is -0.341 e. The summed E-state index contributed by atoms with van der Waals surface area (Å²) in [6.07, 6.45) is 4.20. The van der Waals surface area contributed by atoms with Gasteiger partial charge in [-0.25, -0.2) is 8.42 Å². The van der Waals surface area contributed by atoms with E-state index in [2.05, 4.69) is 13.8 Å². The number of nitrogens with zero attached hydrogens (tertiary/aromatic N) is 2. The van der Waals surface area contributed by atoms with E-state index in [9.17, 15) is 13.2 Å². The fourth-order valence-electron chi connectivity index (χ4n) is 3.91. The number of aryl methyl sites for hydroxylation is 1. The molecule has 1 saturated carbocycles. The van der Waals surface area contributed by atoms with Crippen LogP contribution < -0.4 is 4.31 Å². The highest BCUT2D eigenvalue weighted by molar-refractivity contribution is 7.92. The lowest BCUT2D eigenvalue weighted by molar-refractivity contribution is -0.130. The zero-order valence-corrected chi connectivity index (χ0v) is 19.2. The van der Waals surface area contributed by atoms with E-state index < -0.39 is 10.0 Å². The number of likely N-dealkylation sites (N-methyl/N-ethyl adjacent to an activating group) is 1. The summed E-state index contributed by atoms with van der Waals surface area (Å²) >= 11 is 0. The summed E-state index contributed by atoms with van der Waals surface area (Å²) in [7, 11) is -2.08. The van der Waals surface area contributed by atoms with Crippen LogP contribution in [0.4, 0.5) is 5.69 Å². The Balaban J connectivity index is 1.95. The topological polar surface area (TPSA) is 57.7 Å². The van der Waals surface area contributed by atoms with Gasteiger partial charge in [-0.05, 0) is 55.5 Å². The molecule has 0 N–H and O–H groups in total. The smallest absolute Gasteiger partial charge is 0.264 e. The van der Waals surface area contributed by atoms with Crippen LogP contribution in [0.1, 0.15) is 56.6 Å². The molecule has 0 heterocycles. The molecule has 5 nitrogen and oxygen atoms in total. The second-order valence-electron chi connectivity index (χ2n) is 8.51. The van der Waals surface area contributed by atoms with Crippen molar-refractivity contribution < 1.29 is 13.2 Å². The quantitative estimate of drug-likeness (QED) is 0.641. The van der Waals surface area contributed by atoms with Crippen molar-refractivity contribution in [3.05, 3.63) is 59.7 Å². The summed E-state index contributed by atoms with van der Waals surface area (Å²) in [6, 6.07) is 14.4. The number of rotatable bonds is 7. The van der Waals surface area contributed by atoms with Gasteiger partial charge in [0, 0.05) is 13.1 Å². The molecule has 0 atom stereocenters. The van der Waals surface area contributed by atoms with Crippen molar-refractivity contribution in [1.29, 1.82) is 0 Å². The van der Waals surface area contributed by atoms with Crippen molar-refractivity contribution in [2.24, 2.45) is 0 Å². The van der Waals surface area contributed by atoms with Gasteiger partial charge in [-0.3, -0.25) is 9.10 Å². The summed E-state index contributed by atoms with van der Waals surface area (Å²) in [4.78, 5) is 15.0. The number of carbonyl (C=O) groups is 1. The summed E-state index contributed by atoms with van der Waals surface area (Å²) in [6.45, 7) is 5.90. The summed E-state index contributed by atoms with van der Waals surface area (Å²) in [5.41, 5.74) is 2.62. The van der Waals surface area contributed by atoms with Gasteiger partial charge in [-0.2, -0.15) is 0 Å². The molecule has 0 unspecified atom stereocenters. The monoisotopic (exact) mass is 428 g/mol. The molecule has 1 aliphatic carbocycles. The SMILES string of the molecule is Cc1ccc(S(=O)(=O)N(CC(=O)N(C)C2CCCC2)c2ccc(C(C)C)cc2)cc1. The molecule has 0 aliphatic heterocycles. The van der Waals surface area contributed by atoms with E-state index in [1.54, 1.807) is 48.3 Å². The van der Waals surface area contributed by atoms with Crippen molar-refractivity contribution >= 4 is 21.6 Å². The van der Waals surface area contributed by atoms with Crippen molar-refractivity contribution in [3.8, 4) is 0 Å². The molecule has 2 aromatic rings. The van der Waals surface area contributed by atoms with E-state index in [-0.39, 0.29) is 23.4 Å². The van der Waals surface area contributed by atoms with E-state index >= 15 is 0 Å². The van der Waals surface area contributed by atoms with Crippen LogP contribution >= 0.6 is 0 Å². The average molecular weight is 429 g/mol. The first kappa shape index (κ1) is 22.3. The van der Waals surface area contributed by atoms with Crippen molar-refractivity contribution in [2.75, 3.05) is 17.9 Å². The molecule has 1 aliphatic rings. The van der Waals surface area contributed by atoms with Crippen molar-refractivity contribution in [1.82, 2.24) is 4.90 Å². The highest BCUT2D eigenvalue weighted by Gasteiger charge is 2.30. The normalized spacial score (nSPS) is 14.8. The minimum atomic E-state index is -3.87. The maximum atomic E-state index is 13.5. The second-order valence-corrected chi connectivity index (χ2v) is 10.4. The first-order valence-electron chi connectivity index (χ1n) is 10.6. The first-order chi connectivity index (χ1) is 14.2. The maximum Gasteiger partial charge on any atom is 0.264 e. The Kier molecular flexibility index (Phi) is 6.86. The average Bonchev–Trinajstić information content (AvgIpc) is 3.26. The molecule has 0 bridgehead atoms. The van der Waals surface area contributed by atoms with Crippen LogP contribution in [0, 0.1) is 6.92 Å². The first-order valence-corrected chi connectivity index (χ1v) is 12.1. The molecule has 3 rings (SSSR count). The van der Waals surface area contributed by atoms with Gasteiger partial charge in [-0.1, -0.05) is 56.5 Å². The molecule has 1 amide bonds. The zero-order valence-electron chi connectivity index (χ0n) is 18.3. The number of benzene rings is 2. The molecule has 162 valence electrons. The molecule has 0 radical (unpaired) electrons. The molecule has 2 aromatic carbocycles. The van der Waals surface area contributed by atoms with Gasteiger partial charge in [-0.15, -0.1) is 0 Å². The van der Waals surface area contributed by atoms with Gasteiger partial charge >= 0.3 is 0 Å². The van der Waals surface area contributed by atoms with Crippen LogP contribution in [0.5, 0.6) is 0 Å². The van der Waals surface area contributed by atoms with E-state index in [1.165, 1.54) is 4.31 Å². The minimum absolute atomic E-state index is 0.175. The lowest BCUT2D eigenvalue weighted by atomic mass is 10.0. The van der Waals surface area contributed by atoms with Crippen molar-refractivity contribution in [2.45, 2.75) is 63.3 Å². The largest absolute Gasteiger partial charge is 0.341 e. The third-order valence-corrected chi connectivity index (χ3v) is 7.79. The molecule has 0 saturated heterocycles. The fourth-order valence-corrected chi connectivity index (χ4v) is 5.32. The second kappa shape index (κ2) is 9.21. The van der Waals surface area contributed by atoms with Crippen LogP contribution in [0.15, 0.2) is 53.4 Å². The fraction of sp³-hybridized carbons (Fsp3) is 0.458. The Morgan fingerprint density at radius 3 is 2.10 bits per heavy atom. The third kappa shape index (κ3) is 4.86. The Morgan fingerprint density at radius 1 is 1.00 bits per heavy atom. The standard InChI is InChI=1S/C24H32N2O3S/c1-18(2)20-11-13-22(14-12-20)26(17-24(27)25(4)21-7-5-6-8-21)30(28,29)23-15-9-19(3)10-16-23/h9-16,18,21H,5-8,17H2,1-4H3. The van der Waals surface area contributed by atoms with Gasteiger partial charge in [0.2, 0.25) is 5.91 Å². The Bertz CT molecular complexity index is 961. The van der Waals surface area contributed by atoms with Gasteiger partial charge in [0.05, 0.1) is 10.6 Å². The molecule has 1 fully saturated rings. The van der Waals surface area contributed by atoms with E-state index in [0.717, 1.165) is 36.8 Å². The van der Waals surface area contributed by atoms with Crippen LogP contribution in [0.3, 0.4) is 0 Å². The van der Waals surface area contributed by atoms with Crippen LogP contribution in [0.2, 0.25) is 0 Å². The molecule has 0 spiro atoms. The number of sulfonamides is 1. The van der Waals surface area contributed by atoms with Crippen molar-refractivity contribution in [3.63, 3.8) is 0 Å². The highest BCUT2D eigenvalue weighted by atomic mass is 32.2. The van der Waals surface area contributed by atoms with Gasteiger partial charge in [0.25, 0.3) is 10.0 Å². The van der Waals surface area contributed by atoms with E-state index in [0.29, 0.717) is 11.6 Å².